The lowest BCUT2D eigenvalue weighted by Gasteiger charge is -2.26. The maximum absolute atomic E-state index is 5.71. The smallest absolute Gasteiger partial charge is 0.257 e. The minimum atomic E-state index is 0.478. The highest BCUT2D eigenvalue weighted by Gasteiger charge is 2.17. The van der Waals surface area contributed by atoms with Gasteiger partial charge in [-0.05, 0) is 48.0 Å². The monoisotopic (exact) mass is 343 g/mol. The van der Waals surface area contributed by atoms with Gasteiger partial charge in [0, 0.05) is 6.04 Å². The van der Waals surface area contributed by atoms with Crippen molar-refractivity contribution in [2.75, 3.05) is 7.05 Å². The van der Waals surface area contributed by atoms with Crippen molar-refractivity contribution in [1.82, 2.24) is 15.1 Å². The van der Waals surface area contributed by atoms with Gasteiger partial charge in [0.1, 0.15) is 0 Å². The summed E-state index contributed by atoms with van der Waals surface area (Å²) in [4.78, 5) is 3.22. The Hall–Kier alpha value is -0.720. The maximum atomic E-state index is 5.71. The summed E-state index contributed by atoms with van der Waals surface area (Å²) in [6.07, 6.45) is 0. The van der Waals surface area contributed by atoms with Gasteiger partial charge < -0.3 is 4.42 Å². The SMILES string of the molecule is CC(C)C(C)N(C)Cc1nnc(-c2ccc(Br)s2)o1. The molecule has 0 aromatic carbocycles. The van der Waals surface area contributed by atoms with Gasteiger partial charge >= 0.3 is 0 Å². The lowest BCUT2D eigenvalue weighted by atomic mass is 10.1. The average Bonchev–Trinajstić information content (AvgIpc) is 2.96. The van der Waals surface area contributed by atoms with Crippen molar-refractivity contribution in [3.63, 3.8) is 0 Å². The first-order valence-electron chi connectivity index (χ1n) is 6.25. The van der Waals surface area contributed by atoms with E-state index < -0.39 is 0 Å². The summed E-state index contributed by atoms with van der Waals surface area (Å²) < 4.78 is 6.77. The Kier molecular flexibility index (Phi) is 4.76. The number of rotatable bonds is 5. The Morgan fingerprint density at radius 1 is 1.32 bits per heavy atom. The van der Waals surface area contributed by atoms with E-state index in [1.165, 1.54) is 0 Å². The predicted octanol–water partition coefficient (Wildman–Crippen LogP) is 4.04. The molecule has 2 heterocycles. The summed E-state index contributed by atoms with van der Waals surface area (Å²) in [5.41, 5.74) is 0. The largest absolute Gasteiger partial charge is 0.419 e. The van der Waals surface area contributed by atoms with Crippen LogP contribution in [0.3, 0.4) is 0 Å². The molecule has 1 unspecified atom stereocenters. The number of hydrogen-bond donors (Lipinski definition) is 0. The molecule has 19 heavy (non-hydrogen) atoms. The molecule has 2 aromatic heterocycles. The second kappa shape index (κ2) is 6.15. The lowest BCUT2D eigenvalue weighted by molar-refractivity contribution is 0.184. The molecular formula is C13H18BrN3OS. The molecule has 0 spiro atoms. The van der Waals surface area contributed by atoms with Crippen LogP contribution in [0.4, 0.5) is 0 Å². The van der Waals surface area contributed by atoms with E-state index in [9.17, 15) is 0 Å². The Morgan fingerprint density at radius 2 is 2.05 bits per heavy atom. The molecule has 2 aromatic rings. The van der Waals surface area contributed by atoms with Gasteiger partial charge in [-0.3, -0.25) is 4.90 Å². The molecule has 0 bridgehead atoms. The van der Waals surface area contributed by atoms with E-state index in [1.54, 1.807) is 11.3 Å². The number of halogens is 1. The molecule has 104 valence electrons. The Labute approximate surface area is 126 Å². The molecule has 1 atom stereocenters. The van der Waals surface area contributed by atoms with E-state index in [-0.39, 0.29) is 0 Å². The number of thiophene rings is 1. The molecule has 0 saturated carbocycles. The lowest BCUT2D eigenvalue weighted by Crippen LogP contribution is -2.32. The first-order valence-corrected chi connectivity index (χ1v) is 7.86. The van der Waals surface area contributed by atoms with E-state index in [0.29, 0.717) is 30.3 Å². The molecule has 0 fully saturated rings. The third-order valence-corrected chi connectivity index (χ3v) is 4.91. The van der Waals surface area contributed by atoms with Crippen LogP contribution in [0.25, 0.3) is 10.8 Å². The van der Waals surface area contributed by atoms with Gasteiger partial charge in [0.05, 0.1) is 15.2 Å². The predicted molar refractivity (Wildman–Crippen MR) is 81.1 cm³/mol. The summed E-state index contributed by atoms with van der Waals surface area (Å²) in [7, 11) is 2.08. The van der Waals surface area contributed by atoms with Gasteiger partial charge in [-0.25, -0.2) is 0 Å². The molecule has 0 radical (unpaired) electrons. The molecule has 4 nitrogen and oxygen atoms in total. The normalized spacial score (nSPS) is 13.4. The van der Waals surface area contributed by atoms with Gasteiger partial charge in [-0.15, -0.1) is 21.5 Å². The van der Waals surface area contributed by atoms with Gasteiger partial charge in [-0.1, -0.05) is 13.8 Å². The molecule has 0 N–H and O–H groups in total. The highest BCUT2D eigenvalue weighted by molar-refractivity contribution is 9.11. The fourth-order valence-corrected chi connectivity index (χ4v) is 3.02. The summed E-state index contributed by atoms with van der Waals surface area (Å²) >= 11 is 5.02. The van der Waals surface area contributed by atoms with Gasteiger partial charge in [0.15, 0.2) is 0 Å². The van der Waals surface area contributed by atoms with Crippen LogP contribution in [0.2, 0.25) is 0 Å². The molecule has 0 aliphatic rings. The van der Waals surface area contributed by atoms with E-state index >= 15 is 0 Å². The molecule has 0 aliphatic heterocycles. The van der Waals surface area contributed by atoms with Crippen molar-refractivity contribution in [2.24, 2.45) is 5.92 Å². The molecule has 0 aliphatic carbocycles. The summed E-state index contributed by atoms with van der Waals surface area (Å²) in [5.74, 6) is 1.85. The van der Waals surface area contributed by atoms with Crippen LogP contribution >= 0.6 is 27.3 Å². The topological polar surface area (TPSA) is 42.2 Å². The zero-order valence-electron chi connectivity index (χ0n) is 11.6. The van der Waals surface area contributed by atoms with Gasteiger partial charge in [0.25, 0.3) is 5.89 Å². The number of aromatic nitrogens is 2. The number of nitrogens with zero attached hydrogens (tertiary/aromatic N) is 3. The van der Waals surface area contributed by atoms with Gasteiger partial charge in [-0.2, -0.15) is 0 Å². The fraction of sp³-hybridized carbons (Fsp3) is 0.538. The molecule has 0 amide bonds. The number of hydrogen-bond acceptors (Lipinski definition) is 5. The maximum Gasteiger partial charge on any atom is 0.257 e. The quantitative estimate of drug-likeness (QED) is 0.821. The minimum absolute atomic E-state index is 0.478. The zero-order valence-corrected chi connectivity index (χ0v) is 14.0. The second-order valence-electron chi connectivity index (χ2n) is 5.00. The van der Waals surface area contributed by atoms with E-state index in [1.807, 2.05) is 12.1 Å². The fourth-order valence-electron chi connectivity index (χ4n) is 1.71. The zero-order chi connectivity index (χ0) is 14.0. The standard InChI is InChI=1S/C13H18BrN3OS/c1-8(2)9(3)17(4)7-12-15-16-13(18-12)10-5-6-11(14)19-10/h5-6,8-9H,7H2,1-4H3. The molecule has 6 heteroatoms. The first-order chi connectivity index (χ1) is 8.97. The first kappa shape index (κ1) is 14.7. The third kappa shape index (κ3) is 3.64. The van der Waals surface area contributed by atoms with Crippen LogP contribution in [0.5, 0.6) is 0 Å². The van der Waals surface area contributed by atoms with Crippen LogP contribution in [0, 0.1) is 5.92 Å². The van der Waals surface area contributed by atoms with Crippen molar-refractivity contribution >= 4 is 27.3 Å². The van der Waals surface area contributed by atoms with E-state index in [2.05, 4.69) is 58.8 Å². The summed E-state index contributed by atoms with van der Waals surface area (Å²) in [5, 5.41) is 8.22. The van der Waals surface area contributed by atoms with Crippen LogP contribution in [-0.2, 0) is 6.54 Å². The van der Waals surface area contributed by atoms with E-state index in [0.717, 1.165) is 8.66 Å². The third-order valence-electron chi connectivity index (χ3n) is 3.30. The Balaban J connectivity index is 2.05. The van der Waals surface area contributed by atoms with Gasteiger partial charge in [0.2, 0.25) is 5.89 Å². The molecular weight excluding hydrogens is 326 g/mol. The van der Waals surface area contributed by atoms with Crippen molar-refractivity contribution in [3.05, 3.63) is 21.8 Å². The summed E-state index contributed by atoms with van der Waals surface area (Å²) in [6.45, 7) is 7.31. The van der Waals surface area contributed by atoms with Crippen LogP contribution in [0.15, 0.2) is 20.3 Å². The summed E-state index contributed by atoms with van der Waals surface area (Å²) in [6, 6.07) is 4.44. The van der Waals surface area contributed by atoms with Crippen molar-refractivity contribution < 1.29 is 4.42 Å². The second-order valence-corrected chi connectivity index (χ2v) is 7.47. The highest BCUT2D eigenvalue weighted by atomic mass is 79.9. The van der Waals surface area contributed by atoms with Crippen LogP contribution < -0.4 is 0 Å². The molecule has 2 rings (SSSR count). The van der Waals surface area contributed by atoms with Crippen LogP contribution in [0.1, 0.15) is 26.7 Å². The Bertz CT molecular complexity index is 537. The highest BCUT2D eigenvalue weighted by Crippen LogP contribution is 2.30. The van der Waals surface area contributed by atoms with Crippen molar-refractivity contribution in [3.8, 4) is 10.8 Å². The van der Waals surface area contributed by atoms with Crippen LogP contribution in [-0.4, -0.2) is 28.2 Å². The van der Waals surface area contributed by atoms with Crippen molar-refractivity contribution in [2.45, 2.75) is 33.4 Å². The minimum Gasteiger partial charge on any atom is -0.419 e. The molecule has 0 saturated heterocycles. The van der Waals surface area contributed by atoms with Crippen molar-refractivity contribution in [1.29, 1.82) is 0 Å². The van der Waals surface area contributed by atoms with E-state index in [4.69, 9.17) is 4.42 Å². The Morgan fingerprint density at radius 3 is 2.63 bits per heavy atom. The average molecular weight is 344 g/mol.